The molecule has 2 aromatic rings. The van der Waals surface area contributed by atoms with Crippen LogP contribution in [0, 0.1) is 0 Å². The zero-order valence-electron chi connectivity index (χ0n) is 12.5. The van der Waals surface area contributed by atoms with Crippen molar-refractivity contribution in [3.8, 4) is 5.75 Å². The van der Waals surface area contributed by atoms with Crippen LogP contribution in [0.2, 0.25) is 0 Å². The number of hydrogen-bond acceptors (Lipinski definition) is 2. The minimum atomic E-state index is 0.357. The minimum absolute atomic E-state index is 0.357. The van der Waals surface area contributed by atoms with E-state index in [1.807, 2.05) is 6.07 Å². The lowest BCUT2D eigenvalue weighted by atomic mass is 10.00. The van der Waals surface area contributed by atoms with Crippen LogP contribution in [0.1, 0.15) is 42.5 Å². The summed E-state index contributed by atoms with van der Waals surface area (Å²) in [5.41, 5.74) is 4.02. The lowest BCUT2D eigenvalue weighted by molar-refractivity contribution is 0.426. The first-order chi connectivity index (χ1) is 10.2. The standard InChI is InChI=1S/C19H23NO/c1-14(15-6-3-2-4-7-15)20-18-9-5-8-16-10-11-19(21)13-17(16)12-18/h2-4,6-7,10-11,13-14,18,20-21H,5,8-9,12H2,1H3/t14-,18-/m0/s1. The van der Waals surface area contributed by atoms with Crippen molar-refractivity contribution >= 4 is 0 Å². The summed E-state index contributed by atoms with van der Waals surface area (Å²) in [5.74, 6) is 0.380. The van der Waals surface area contributed by atoms with Crippen LogP contribution < -0.4 is 5.32 Å². The third-order valence-electron chi connectivity index (χ3n) is 4.44. The molecule has 3 rings (SSSR count). The van der Waals surface area contributed by atoms with Crippen LogP contribution in [0.3, 0.4) is 0 Å². The fourth-order valence-corrected chi connectivity index (χ4v) is 3.29. The highest BCUT2D eigenvalue weighted by Crippen LogP contribution is 2.25. The topological polar surface area (TPSA) is 32.3 Å². The van der Waals surface area contributed by atoms with Crippen LogP contribution in [0.5, 0.6) is 5.75 Å². The van der Waals surface area contributed by atoms with Crippen molar-refractivity contribution in [1.29, 1.82) is 0 Å². The Morgan fingerprint density at radius 3 is 2.71 bits per heavy atom. The Balaban J connectivity index is 1.72. The van der Waals surface area contributed by atoms with E-state index in [4.69, 9.17) is 0 Å². The van der Waals surface area contributed by atoms with Crippen molar-refractivity contribution in [3.05, 3.63) is 65.2 Å². The second-order valence-corrected chi connectivity index (χ2v) is 6.05. The van der Waals surface area contributed by atoms with Gasteiger partial charge in [-0.2, -0.15) is 0 Å². The van der Waals surface area contributed by atoms with E-state index in [-0.39, 0.29) is 0 Å². The van der Waals surface area contributed by atoms with Crippen LogP contribution >= 0.6 is 0 Å². The number of phenolic OH excluding ortho intramolecular Hbond substituents is 1. The smallest absolute Gasteiger partial charge is 0.115 e. The largest absolute Gasteiger partial charge is 0.508 e. The molecule has 110 valence electrons. The Kier molecular flexibility index (Phi) is 4.26. The van der Waals surface area contributed by atoms with Gasteiger partial charge >= 0.3 is 0 Å². The van der Waals surface area contributed by atoms with Gasteiger partial charge in [-0.3, -0.25) is 0 Å². The van der Waals surface area contributed by atoms with Gasteiger partial charge in [0.2, 0.25) is 0 Å². The molecule has 0 aliphatic heterocycles. The van der Waals surface area contributed by atoms with Gasteiger partial charge in [0.1, 0.15) is 5.75 Å². The molecule has 21 heavy (non-hydrogen) atoms. The summed E-state index contributed by atoms with van der Waals surface area (Å²) in [6.07, 6.45) is 4.51. The number of rotatable bonds is 3. The van der Waals surface area contributed by atoms with Gasteiger partial charge in [-0.25, -0.2) is 0 Å². The Morgan fingerprint density at radius 2 is 1.90 bits per heavy atom. The van der Waals surface area contributed by atoms with Crippen molar-refractivity contribution in [2.75, 3.05) is 0 Å². The second kappa shape index (κ2) is 6.31. The molecule has 0 radical (unpaired) electrons. The third-order valence-corrected chi connectivity index (χ3v) is 4.44. The summed E-state index contributed by atoms with van der Waals surface area (Å²) in [6.45, 7) is 2.23. The van der Waals surface area contributed by atoms with E-state index in [9.17, 15) is 5.11 Å². The maximum atomic E-state index is 9.71. The number of benzene rings is 2. The third kappa shape index (κ3) is 3.45. The van der Waals surface area contributed by atoms with E-state index in [1.165, 1.54) is 29.5 Å². The Morgan fingerprint density at radius 1 is 1.10 bits per heavy atom. The number of fused-ring (bicyclic) bond motifs is 1. The molecule has 0 aromatic heterocycles. The number of aryl methyl sites for hydroxylation is 1. The number of aromatic hydroxyl groups is 1. The number of phenols is 1. The summed E-state index contributed by atoms with van der Waals surface area (Å²) in [4.78, 5) is 0. The number of nitrogens with one attached hydrogen (secondary N) is 1. The van der Waals surface area contributed by atoms with Crippen LogP contribution in [0.25, 0.3) is 0 Å². The van der Waals surface area contributed by atoms with Crippen LogP contribution in [0.4, 0.5) is 0 Å². The van der Waals surface area contributed by atoms with E-state index >= 15 is 0 Å². The Bertz CT molecular complexity index is 594. The maximum absolute atomic E-state index is 9.71. The van der Waals surface area contributed by atoms with Crippen molar-refractivity contribution in [2.45, 2.75) is 44.7 Å². The first kappa shape index (κ1) is 14.2. The van der Waals surface area contributed by atoms with Crippen molar-refractivity contribution in [3.63, 3.8) is 0 Å². The first-order valence-corrected chi connectivity index (χ1v) is 7.84. The zero-order valence-corrected chi connectivity index (χ0v) is 12.5. The molecule has 0 amide bonds. The van der Waals surface area contributed by atoms with Gasteiger partial charge in [-0.05, 0) is 61.4 Å². The van der Waals surface area contributed by atoms with Gasteiger partial charge in [0.25, 0.3) is 0 Å². The first-order valence-electron chi connectivity index (χ1n) is 7.84. The average molecular weight is 281 g/mol. The fraction of sp³-hybridized carbons (Fsp3) is 0.368. The summed E-state index contributed by atoms with van der Waals surface area (Å²) in [6, 6.07) is 17.2. The average Bonchev–Trinajstić information content (AvgIpc) is 2.69. The van der Waals surface area contributed by atoms with Crippen LogP contribution in [-0.2, 0) is 12.8 Å². The van der Waals surface area contributed by atoms with Gasteiger partial charge in [-0.1, -0.05) is 36.4 Å². The van der Waals surface area contributed by atoms with Gasteiger partial charge in [0, 0.05) is 12.1 Å². The highest BCUT2D eigenvalue weighted by Gasteiger charge is 2.19. The lowest BCUT2D eigenvalue weighted by Gasteiger charge is -2.23. The molecular formula is C19H23NO. The minimum Gasteiger partial charge on any atom is -0.508 e. The molecule has 2 nitrogen and oxygen atoms in total. The zero-order chi connectivity index (χ0) is 14.7. The van der Waals surface area contributed by atoms with Crippen LogP contribution in [0.15, 0.2) is 48.5 Å². The molecule has 0 heterocycles. The molecule has 1 aliphatic carbocycles. The molecule has 0 fully saturated rings. The Hall–Kier alpha value is -1.80. The normalized spacial score (nSPS) is 19.6. The van der Waals surface area contributed by atoms with Crippen molar-refractivity contribution < 1.29 is 5.11 Å². The van der Waals surface area contributed by atoms with Gasteiger partial charge in [0.15, 0.2) is 0 Å². The molecular weight excluding hydrogens is 258 g/mol. The highest BCUT2D eigenvalue weighted by molar-refractivity contribution is 5.36. The summed E-state index contributed by atoms with van der Waals surface area (Å²) in [7, 11) is 0. The molecule has 2 atom stereocenters. The van der Waals surface area contributed by atoms with E-state index in [2.05, 4.69) is 48.6 Å². The molecule has 0 spiro atoms. The summed E-state index contributed by atoms with van der Waals surface area (Å²) in [5, 5.41) is 13.5. The number of hydrogen-bond donors (Lipinski definition) is 2. The molecule has 0 saturated heterocycles. The predicted octanol–water partition coefficient (Wildman–Crippen LogP) is 3.99. The quantitative estimate of drug-likeness (QED) is 0.834. The lowest BCUT2D eigenvalue weighted by Crippen LogP contribution is -2.32. The SMILES string of the molecule is C[C@H](N[C@H]1CCCc2ccc(O)cc2C1)c1ccccc1. The highest BCUT2D eigenvalue weighted by atomic mass is 16.3. The van der Waals surface area contributed by atoms with E-state index in [0.717, 1.165) is 12.8 Å². The molecule has 0 unspecified atom stereocenters. The molecule has 2 heteroatoms. The maximum Gasteiger partial charge on any atom is 0.115 e. The molecule has 2 aromatic carbocycles. The molecule has 0 bridgehead atoms. The van der Waals surface area contributed by atoms with E-state index < -0.39 is 0 Å². The fourth-order valence-electron chi connectivity index (χ4n) is 3.29. The second-order valence-electron chi connectivity index (χ2n) is 6.05. The van der Waals surface area contributed by atoms with Gasteiger partial charge in [-0.15, -0.1) is 0 Å². The van der Waals surface area contributed by atoms with E-state index in [1.54, 1.807) is 6.07 Å². The monoisotopic (exact) mass is 281 g/mol. The van der Waals surface area contributed by atoms with Crippen LogP contribution in [-0.4, -0.2) is 11.1 Å². The summed E-state index contributed by atoms with van der Waals surface area (Å²) < 4.78 is 0. The summed E-state index contributed by atoms with van der Waals surface area (Å²) >= 11 is 0. The predicted molar refractivity (Wildman–Crippen MR) is 86.5 cm³/mol. The molecule has 1 aliphatic rings. The molecule has 0 saturated carbocycles. The molecule has 2 N–H and O–H groups in total. The van der Waals surface area contributed by atoms with Gasteiger partial charge < -0.3 is 10.4 Å². The van der Waals surface area contributed by atoms with Gasteiger partial charge in [0.05, 0.1) is 0 Å². The van der Waals surface area contributed by atoms with E-state index in [0.29, 0.717) is 17.8 Å². The van der Waals surface area contributed by atoms with Crippen molar-refractivity contribution in [2.24, 2.45) is 0 Å². The Labute approximate surface area is 126 Å². The van der Waals surface area contributed by atoms with Crippen molar-refractivity contribution in [1.82, 2.24) is 5.32 Å².